The summed E-state index contributed by atoms with van der Waals surface area (Å²) in [6.07, 6.45) is -3.61. The maximum Gasteiger partial charge on any atom is 0.416 e. The Balaban J connectivity index is 1.22. The molecule has 0 spiro atoms. The van der Waals surface area contributed by atoms with Crippen LogP contribution in [-0.2, 0) is 12.7 Å². The highest BCUT2D eigenvalue weighted by molar-refractivity contribution is 5.32. The molecule has 5 rings (SSSR count). The maximum absolute atomic E-state index is 13.0. The van der Waals surface area contributed by atoms with E-state index in [9.17, 15) is 18.3 Å². The Morgan fingerprint density at radius 2 is 1.54 bits per heavy atom. The van der Waals surface area contributed by atoms with Gasteiger partial charge in [0.1, 0.15) is 18.0 Å². The first-order valence-electron chi connectivity index (χ1n) is 13.3. The van der Waals surface area contributed by atoms with Crippen LogP contribution in [0.25, 0.3) is 0 Å². The number of alkyl halides is 3. The fourth-order valence-corrected chi connectivity index (χ4v) is 5.43. The maximum atomic E-state index is 13.0. The fourth-order valence-electron chi connectivity index (χ4n) is 5.43. The third-order valence-corrected chi connectivity index (χ3v) is 7.50. The number of aliphatic hydroxyl groups excluding tert-OH is 1. The van der Waals surface area contributed by atoms with Crippen LogP contribution in [0.15, 0.2) is 97.1 Å². The van der Waals surface area contributed by atoms with Crippen LogP contribution in [-0.4, -0.2) is 34.7 Å². The van der Waals surface area contributed by atoms with Gasteiger partial charge in [0.2, 0.25) is 0 Å². The summed E-state index contributed by atoms with van der Waals surface area (Å²) < 4.78 is 47.4. The van der Waals surface area contributed by atoms with E-state index >= 15 is 0 Å². The largest absolute Gasteiger partial charge is 0.486 e. The van der Waals surface area contributed by atoms with E-state index in [4.69, 9.17) is 4.74 Å². The molecule has 0 bridgehead atoms. The molecule has 0 amide bonds. The molecule has 4 nitrogen and oxygen atoms in total. The Kier molecular flexibility index (Phi) is 8.10. The normalized spacial score (nSPS) is 16.7. The van der Waals surface area contributed by atoms with E-state index in [0.29, 0.717) is 18.1 Å². The third-order valence-electron chi connectivity index (χ3n) is 7.50. The molecule has 0 fully saturated rings. The van der Waals surface area contributed by atoms with Crippen LogP contribution < -0.4 is 4.74 Å². The highest BCUT2D eigenvalue weighted by Gasteiger charge is 2.31. The van der Waals surface area contributed by atoms with Gasteiger partial charge in [0.15, 0.2) is 0 Å². The van der Waals surface area contributed by atoms with Gasteiger partial charge in [-0.05, 0) is 61.0 Å². The first kappa shape index (κ1) is 27.0. The lowest BCUT2D eigenvalue weighted by Crippen LogP contribution is -2.27. The number of aromatic nitrogens is 1. The third kappa shape index (κ3) is 6.37. The predicted octanol–water partition coefficient (Wildman–Crippen LogP) is 7.22. The van der Waals surface area contributed by atoms with E-state index in [0.717, 1.165) is 55.0 Å². The number of likely N-dealkylation sites (N-methyl/N-ethyl adjacent to an activating group) is 1. The van der Waals surface area contributed by atoms with Gasteiger partial charge in [-0.2, -0.15) is 13.2 Å². The van der Waals surface area contributed by atoms with Crippen molar-refractivity contribution in [2.75, 3.05) is 20.1 Å². The molecule has 3 aromatic carbocycles. The quantitative estimate of drug-likeness (QED) is 0.234. The Morgan fingerprint density at radius 3 is 2.18 bits per heavy atom. The summed E-state index contributed by atoms with van der Waals surface area (Å²) in [7, 11) is 2.09. The van der Waals surface area contributed by atoms with Crippen molar-refractivity contribution in [2.45, 2.75) is 43.7 Å². The molecular weight excluding hydrogens is 501 g/mol. The minimum absolute atomic E-state index is 0.287. The van der Waals surface area contributed by atoms with Crippen molar-refractivity contribution in [1.82, 2.24) is 9.47 Å². The summed E-state index contributed by atoms with van der Waals surface area (Å²) in [6.45, 7) is 2.51. The molecule has 0 saturated carbocycles. The second-order valence-corrected chi connectivity index (χ2v) is 10.2. The van der Waals surface area contributed by atoms with E-state index in [2.05, 4.69) is 22.6 Å². The summed E-state index contributed by atoms with van der Waals surface area (Å²) in [5.74, 6) is 0.773. The fraction of sp³-hybridized carbons (Fsp3) is 0.312. The molecule has 2 unspecified atom stereocenters. The summed E-state index contributed by atoms with van der Waals surface area (Å²) in [5.41, 5.74) is 3.36. The first-order chi connectivity index (χ1) is 18.8. The van der Waals surface area contributed by atoms with Crippen LogP contribution in [0.2, 0.25) is 0 Å². The topological polar surface area (TPSA) is 37.6 Å². The monoisotopic (exact) mass is 534 g/mol. The van der Waals surface area contributed by atoms with Crippen LogP contribution in [0.1, 0.15) is 59.0 Å². The molecular formula is C32H33F3N2O2. The molecule has 39 heavy (non-hydrogen) atoms. The number of hydrogen-bond acceptors (Lipinski definition) is 3. The van der Waals surface area contributed by atoms with Crippen molar-refractivity contribution in [2.24, 2.45) is 0 Å². The zero-order valence-corrected chi connectivity index (χ0v) is 21.9. The molecule has 1 aliphatic rings. The molecule has 0 aliphatic carbocycles. The van der Waals surface area contributed by atoms with Gasteiger partial charge in [0.25, 0.3) is 0 Å². The molecule has 7 heteroatoms. The van der Waals surface area contributed by atoms with Crippen molar-refractivity contribution < 1.29 is 23.0 Å². The summed E-state index contributed by atoms with van der Waals surface area (Å²) in [5, 5.41) is 10.9. The van der Waals surface area contributed by atoms with Gasteiger partial charge >= 0.3 is 6.18 Å². The van der Waals surface area contributed by atoms with Crippen molar-refractivity contribution in [3.8, 4) is 5.75 Å². The average Bonchev–Trinajstić information content (AvgIpc) is 3.54. The summed E-state index contributed by atoms with van der Waals surface area (Å²) in [6, 6.07) is 28.5. The van der Waals surface area contributed by atoms with Gasteiger partial charge in [-0.1, -0.05) is 60.7 Å². The number of rotatable bonds is 10. The lowest BCUT2D eigenvalue weighted by atomic mass is 10.0. The average molecular weight is 535 g/mol. The van der Waals surface area contributed by atoms with Gasteiger partial charge in [-0.3, -0.25) is 0 Å². The zero-order valence-electron chi connectivity index (χ0n) is 21.9. The number of nitrogens with zero attached hydrogens (tertiary/aromatic N) is 2. The van der Waals surface area contributed by atoms with E-state index < -0.39 is 17.8 Å². The minimum atomic E-state index is -4.37. The van der Waals surface area contributed by atoms with Crippen molar-refractivity contribution >= 4 is 0 Å². The molecule has 3 atom stereocenters. The number of halogens is 3. The Labute approximate surface area is 227 Å². The number of fused-ring (bicyclic) bond motifs is 1. The van der Waals surface area contributed by atoms with Crippen LogP contribution in [0, 0.1) is 0 Å². The van der Waals surface area contributed by atoms with Gasteiger partial charge < -0.3 is 19.3 Å². The minimum Gasteiger partial charge on any atom is -0.486 e. The van der Waals surface area contributed by atoms with Crippen molar-refractivity contribution in [3.63, 3.8) is 0 Å². The van der Waals surface area contributed by atoms with E-state index in [-0.39, 0.29) is 6.10 Å². The second-order valence-electron chi connectivity index (χ2n) is 10.2. The molecule has 1 aliphatic heterocycles. The molecule has 2 heterocycles. The molecule has 1 N–H and O–H groups in total. The molecule has 0 saturated heterocycles. The summed E-state index contributed by atoms with van der Waals surface area (Å²) in [4.78, 5) is 2.28. The number of benzene rings is 3. The number of aliphatic hydroxyl groups is 1. The first-order valence-corrected chi connectivity index (χ1v) is 13.3. The molecule has 0 radical (unpaired) electrons. The van der Waals surface area contributed by atoms with Gasteiger partial charge in [0, 0.05) is 37.7 Å². The lowest BCUT2D eigenvalue weighted by molar-refractivity contribution is -0.137. The van der Waals surface area contributed by atoms with Gasteiger partial charge in [-0.25, -0.2) is 0 Å². The van der Waals surface area contributed by atoms with Gasteiger partial charge in [0.05, 0.1) is 11.3 Å². The van der Waals surface area contributed by atoms with E-state index in [1.807, 2.05) is 66.7 Å². The van der Waals surface area contributed by atoms with E-state index in [1.54, 1.807) is 0 Å². The van der Waals surface area contributed by atoms with Gasteiger partial charge in [-0.15, -0.1) is 0 Å². The molecule has 1 aromatic heterocycles. The van der Waals surface area contributed by atoms with Crippen LogP contribution in [0.5, 0.6) is 5.75 Å². The van der Waals surface area contributed by atoms with Crippen LogP contribution >= 0.6 is 0 Å². The zero-order chi connectivity index (χ0) is 27.4. The van der Waals surface area contributed by atoms with Crippen molar-refractivity contribution in [3.05, 3.63) is 125 Å². The standard InChI is InChI=1S/C32H33F3N2O2/c1-36(22-25-18-21-37-28(25)16-17-29(37)31(38)24-10-6-3-7-11-24)20-19-30(23-8-4-2-5-9-23)39-27-14-12-26(13-15-27)32(33,34)35/h2-17,25,30-31,38H,18-22H2,1H3/t25?,30-,31?/m1/s1. The number of ether oxygens (including phenoxy) is 1. The van der Waals surface area contributed by atoms with Crippen LogP contribution in [0.3, 0.4) is 0 Å². The Hall–Kier alpha value is -3.55. The van der Waals surface area contributed by atoms with Crippen LogP contribution in [0.4, 0.5) is 13.2 Å². The molecule has 4 aromatic rings. The predicted molar refractivity (Wildman–Crippen MR) is 146 cm³/mol. The lowest BCUT2D eigenvalue weighted by Gasteiger charge is -2.25. The second kappa shape index (κ2) is 11.7. The molecule has 204 valence electrons. The van der Waals surface area contributed by atoms with Crippen molar-refractivity contribution in [1.29, 1.82) is 0 Å². The van der Waals surface area contributed by atoms with E-state index in [1.165, 1.54) is 17.8 Å². The smallest absolute Gasteiger partial charge is 0.416 e. The Bertz CT molecular complexity index is 1340. The highest BCUT2D eigenvalue weighted by atomic mass is 19.4. The SMILES string of the molecule is CN(CC[C@@H](Oc1ccc(C(F)(F)F)cc1)c1ccccc1)CC1CCn2c1ccc2C(O)c1ccccc1. The Morgan fingerprint density at radius 1 is 0.897 bits per heavy atom. The number of hydrogen-bond donors (Lipinski definition) is 1. The highest BCUT2D eigenvalue weighted by Crippen LogP contribution is 2.35. The summed E-state index contributed by atoms with van der Waals surface area (Å²) >= 11 is 0.